The van der Waals surface area contributed by atoms with Crippen molar-refractivity contribution in [2.75, 3.05) is 31.1 Å². The molecule has 4 nitrogen and oxygen atoms in total. The molecule has 6 heteroatoms. The average Bonchev–Trinajstić information content (AvgIpc) is 2.99. The highest BCUT2D eigenvalue weighted by Gasteiger charge is 2.28. The van der Waals surface area contributed by atoms with Gasteiger partial charge in [-0.1, -0.05) is 0 Å². The van der Waals surface area contributed by atoms with E-state index in [2.05, 4.69) is 28.6 Å². The Kier molecular flexibility index (Phi) is 4.17. The number of nitrogens with one attached hydrogen (secondary N) is 1. The zero-order chi connectivity index (χ0) is 14.2. The van der Waals surface area contributed by atoms with Crippen molar-refractivity contribution >= 4 is 21.2 Å². The minimum absolute atomic E-state index is 0.164. The lowest BCUT2D eigenvalue weighted by atomic mass is 10.0. The molecule has 1 aromatic rings. The van der Waals surface area contributed by atoms with Gasteiger partial charge >= 0.3 is 0 Å². The van der Waals surface area contributed by atoms with Gasteiger partial charge in [-0.05, 0) is 36.8 Å². The van der Waals surface area contributed by atoms with E-state index < -0.39 is 9.84 Å². The largest absolute Gasteiger partial charge is 0.312 e. The van der Waals surface area contributed by atoms with Gasteiger partial charge in [0.25, 0.3) is 0 Å². The smallest absolute Gasteiger partial charge is 0.151 e. The monoisotopic (exact) mass is 314 g/mol. The van der Waals surface area contributed by atoms with Crippen LogP contribution in [0, 0.1) is 0 Å². The normalized spacial score (nSPS) is 29.4. The molecule has 3 heterocycles. The van der Waals surface area contributed by atoms with Crippen molar-refractivity contribution in [3.05, 3.63) is 21.9 Å². The van der Waals surface area contributed by atoms with Crippen molar-refractivity contribution < 1.29 is 8.42 Å². The SMILES string of the molecule is CC1c2ccsc2CCN1CCNC1CCS(=O)(=O)C1. The highest BCUT2D eigenvalue weighted by molar-refractivity contribution is 7.91. The van der Waals surface area contributed by atoms with Gasteiger partial charge in [-0.15, -0.1) is 11.3 Å². The van der Waals surface area contributed by atoms with E-state index in [4.69, 9.17) is 0 Å². The van der Waals surface area contributed by atoms with Crippen LogP contribution in [0.5, 0.6) is 0 Å². The Balaban J connectivity index is 1.48. The van der Waals surface area contributed by atoms with Crippen LogP contribution in [-0.2, 0) is 16.3 Å². The molecule has 3 rings (SSSR count). The Hall–Kier alpha value is -0.430. The summed E-state index contributed by atoms with van der Waals surface area (Å²) in [7, 11) is -2.77. The Bertz CT molecular complexity index is 567. The third kappa shape index (κ3) is 3.08. The molecular formula is C14H22N2O2S2. The summed E-state index contributed by atoms with van der Waals surface area (Å²) in [6, 6.07) is 2.89. The van der Waals surface area contributed by atoms with Gasteiger partial charge < -0.3 is 5.32 Å². The van der Waals surface area contributed by atoms with E-state index in [0.29, 0.717) is 17.5 Å². The molecule has 0 saturated carbocycles. The molecule has 2 unspecified atom stereocenters. The van der Waals surface area contributed by atoms with Gasteiger partial charge in [-0.3, -0.25) is 4.90 Å². The van der Waals surface area contributed by atoms with Gasteiger partial charge in [-0.25, -0.2) is 8.42 Å². The summed E-state index contributed by atoms with van der Waals surface area (Å²) < 4.78 is 22.8. The molecule has 1 aromatic heterocycles. The Morgan fingerprint density at radius 3 is 3.10 bits per heavy atom. The summed E-state index contributed by atoms with van der Waals surface area (Å²) in [5.41, 5.74) is 1.48. The van der Waals surface area contributed by atoms with Crippen molar-refractivity contribution in [1.82, 2.24) is 10.2 Å². The van der Waals surface area contributed by atoms with E-state index >= 15 is 0 Å². The molecule has 0 bridgehead atoms. The highest BCUT2D eigenvalue weighted by Crippen LogP contribution is 2.32. The standard InChI is InChI=1S/C14H22N2O2S2/c1-11-13-3-8-19-14(13)2-6-16(11)7-5-15-12-4-9-20(17,18)10-12/h3,8,11-12,15H,2,4-7,9-10H2,1H3. The summed E-state index contributed by atoms with van der Waals surface area (Å²) >= 11 is 1.87. The highest BCUT2D eigenvalue weighted by atomic mass is 32.2. The topological polar surface area (TPSA) is 49.4 Å². The lowest BCUT2D eigenvalue weighted by Gasteiger charge is -2.33. The van der Waals surface area contributed by atoms with Crippen LogP contribution in [-0.4, -0.2) is 50.5 Å². The van der Waals surface area contributed by atoms with Crippen LogP contribution in [0.1, 0.15) is 29.8 Å². The third-order valence-corrected chi connectivity index (χ3v) is 7.23. The van der Waals surface area contributed by atoms with E-state index in [1.54, 1.807) is 0 Å². The van der Waals surface area contributed by atoms with Crippen LogP contribution in [0.15, 0.2) is 11.4 Å². The summed E-state index contributed by atoms with van der Waals surface area (Å²) in [5, 5.41) is 5.59. The van der Waals surface area contributed by atoms with Crippen molar-refractivity contribution in [3.8, 4) is 0 Å². The molecule has 1 fully saturated rings. The number of hydrogen-bond donors (Lipinski definition) is 1. The molecule has 20 heavy (non-hydrogen) atoms. The number of thiophene rings is 1. The van der Waals surface area contributed by atoms with Gasteiger partial charge in [0.15, 0.2) is 9.84 Å². The van der Waals surface area contributed by atoms with E-state index in [0.717, 1.165) is 32.5 Å². The molecule has 1 N–H and O–H groups in total. The zero-order valence-corrected chi connectivity index (χ0v) is 13.5. The quantitative estimate of drug-likeness (QED) is 0.914. The molecule has 2 aliphatic rings. The summed E-state index contributed by atoms with van der Waals surface area (Å²) in [6.45, 7) is 5.25. The maximum Gasteiger partial charge on any atom is 0.151 e. The van der Waals surface area contributed by atoms with Crippen LogP contribution >= 0.6 is 11.3 Å². The average molecular weight is 314 g/mol. The molecule has 2 atom stereocenters. The predicted molar refractivity (Wildman–Crippen MR) is 83.1 cm³/mol. The number of rotatable bonds is 4. The van der Waals surface area contributed by atoms with Crippen molar-refractivity contribution in [2.45, 2.75) is 31.8 Å². The first kappa shape index (κ1) is 14.5. The molecule has 112 valence electrons. The van der Waals surface area contributed by atoms with Gasteiger partial charge in [0.1, 0.15) is 0 Å². The Morgan fingerprint density at radius 2 is 2.35 bits per heavy atom. The second-order valence-corrected chi connectivity index (χ2v) is 9.04. The molecule has 0 aromatic carbocycles. The predicted octanol–water partition coefficient (Wildman–Crippen LogP) is 1.44. The van der Waals surface area contributed by atoms with Gasteiger partial charge in [0, 0.05) is 36.6 Å². The zero-order valence-electron chi connectivity index (χ0n) is 11.8. The molecule has 0 amide bonds. The fourth-order valence-electron chi connectivity index (χ4n) is 3.24. The van der Waals surface area contributed by atoms with Crippen molar-refractivity contribution in [1.29, 1.82) is 0 Å². The molecule has 0 radical (unpaired) electrons. The first-order valence-corrected chi connectivity index (χ1v) is 9.99. The summed E-state index contributed by atoms with van der Waals surface area (Å²) in [6.07, 6.45) is 1.92. The number of nitrogens with zero attached hydrogens (tertiary/aromatic N) is 1. The number of fused-ring (bicyclic) bond motifs is 1. The van der Waals surface area contributed by atoms with E-state index in [1.807, 2.05) is 11.3 Å². The first-order valence-electron chi connectivity index (χ1n) is 7.29. The number of hydrogen-bond acceptors (Lipinski definition) is 5. The summed E-state index contributed by atoms with van der Waals surface area (Å²) in [5.74, 6) is 0.667. The van der Waals surface area contributed by atoms with Crippen LogP contribution < -0.4 is 5.32 Å². The van der Waals surface area contributed by atoms with E-state index in [9.17, 15) is 8.42 Å². The van der Waals surface area contributed by atoms with Crippen LogP contribution in [0.4, 0.5) is 0 Å². The molecule has 0 aliphatic carbocycles. The van der Waals surface area contributed by atoms with E-state index in [1.165, 1.54) is 10.4 Å². The Morgan fingerprint density at radius 1 is 1.50 bits per heavy atom. The maximum absolute atomic E-state index is 11.4. The number of sulfone groups is 1. The minimum Gasteiger partial charge on any atom is -0.312 e. The van der Waals surface area contributed by atoms with Crippen LogP contribution in [0.2, 0.25) is 0 Å². The molecular weight excluding hydrogens is 292 g/mol. The molecule has 1 saturated heterocycles. The second kappa shape index (κ2) is 5.75. The third-order valence-electron chi connectivity index (χ3n) is 4.47. The minimum atomic E-state index is -2.77. The van der Waals surface area contributed by atoms with E-state index in [-0.39, 0.29) is 6.04 Å². The molecule has 2 aliphatic heterocycles. The second-order valence-electron chi connectivity index (χ2n) is 5.82. The van der Waals surface area contributed by atoms with Crippen LogP contribution in [0.25, 0.3) is 0 Å². The fraction of sp³-hybridized carbons (Fsp3) is 0.714. The van der Waals surface area contributed by atoms with Crippen molar-refractivity contribution in [2.24, 2.45) is 0 Å². The lowest BCUT2D eigenvalue weighted by Crippen LogP contribution is -2.41. The maximum atomic E-state index is 11.4. The fourth-order valence-corrected chi connectivity index (χ4v) is 5.91. The van der Waals surface area contributed by atoms with Gasteiger partial charge in [0.2, 0.25) is 0 Å². The Labute approximate surface area is 125 Å². The van der Waals surface area contributed by atoms with Gasteiger partial charge in [0.05, 0.1) is 11.5 Å². The van der Waals surface area contributed by atoms with Gasteiger partial charge in [-0.2, -0.15) is 0 Å². The van der Waals surface area contributed by atoms with Crippen LogP contribution in [0.3, 0.4) is 0 Å². The van der Waals surface area contributed by atoms with Crippen molar-refractivity contribution in [3.63, 3.8) is 0 Å². The summed E-state index contributed by atoms with van der Waals surface area (Å²) in [4.78, 5) is 4.02. The molecule has 0 spiro atoms. The first-order chi connectivity index (χ1) is 9.55. The lowest BCUT2D eigenvalue weighted by molar-refractivity contribution is 0.199.